The van der Waals surface area contributed by atoms with Crippen molar-refractivity contribution >= 4 is 40.7 Å². The number of hydrogen-bond donors (Lipinski definition) is 5. The van der Waals surface area contributed by atoms with Crippen molar-refractivity contribution in [1.82, 2.24) is 19.9 Å². The fourth-order valence-corrected chi connectivity index (χ4v) is 8.66. The largest absolute Gasteiger partial charge is 0.477 e. The molecule has 10 rings (SSSR count). The second-order valence-electron chi connectivity index (χ2n) is 19.6. The topological polar surface area (TPSA) is 187 Å². The summed E-state index contributed by atoms with van der Waals surface area (Å²) in [5.41, 5.74) is 5.96. The molecule has 0 spiro atoms. The fraction of sp³-hybridized carbons (Fsp3) is 0.377. The summed E-state index contributed by atoms with van der Waals surface area (Å²) in [6.07, 6.45) is -6.05. The maximum Gasteiger partial charge on any atom is 0.416 e. The van der Waals surface area contributed by atoms with Gasteiger partial charge in [0.15, 0.2) is 11.6 Å². The standard InChI is InChI=1S/C27H28F3N5O3.C16H14F3N3.C10H16N2O2/c1-26(2,37)12-14-38-23-8-4-7-22(32-23)33-25(36)35-19-11-13-34(16-19)21-10-9-20(31-24(21)35)17-5-3-6-18(15-17)27(28,29)30;17-16(18,19)11-3-1-2-10(8-11)13-4-5-14-15(21-13)20-12-6-7-22(14)9-12;1-10(2,13)6-7-14-9-5-3-4-8(11)12-9/h3-10,15,19,37H,11-14,16H2,1-2H3,(H,32,33,36);1-5,8,12H,6-7,9H2,(H,20,21);3-5,13H,6-7H2,1-2H3,(H2,11,12)/t19-;12-;/m00./s1. The van der Waals surface area contributed by atoms with Crippen molar-refractivity contribution in [3.05, 3.63) is 120 Å². The van der Waals surface area contributed by atoms with E-state index in [4.69, 9.17) is 15.2 Å². The number of aromatic nitrogens is 4. The molecule has 2 fully saturated rings. The van der Waals surface area contributed by atoms with E-state index >= 15 is 0 Å². The maximum absolute atomic E-state index is 13.5. The summed E-state index contributed by atoms with van der Waals surface area (Å²) in [5, 5.41) is 25.5. The lowest BCUT2D eigenvalue weighted by Gasteiger charge is -2.35. The Morgan fingerprint density at radius 2 is 1.22 bits per heavy atom. The smallest absolute Gasteiger partial charge is 0.416 e. The zero-order valence-electron chi connectivity index (χ0n) is 41.2. The molecule has 21 heteroatoms. The highest BCUT2D eigenvalue weighted by molar-refractivity contribution is 6.04. The predicted molar refractivity (Wildman–Crippen MR) is 271 cm³/mol. The van der Waals surface area contributed by atoms with E-state index in [1.54, 1.807) is 99.3 Å². The number of nitrogen functional groups attached to an aromatic ring is 1. The van der Waals surface area contributed by atoms with Crippen LogP contribution in [-0.4, -0.2) is 98.9 Å². The lowest BCUT2D eigenvalue weighted by Crippen LogP contribution is -2.48. The molecule has 74 heavy (non-hydrogen) atoms. The van der Waals surface area contributed by atoms with Crippen LogP contribution in [0, 0.1) is 0 Å². The third-order valence-corrected chi connectivity index (χ3v) is 12.5. The van der Waals surface area contributed by atoms with Crippen molar-refractivity contribution in [2.45, 2.75) is 89.0 Å². The van der Waals surface area contributed by atoms with Crippen LogP contribution in [0.15, 0.2) is 109 Å². The summed E-state index contributed by atoms with van der Waals surface area (Å²) >= 11 is 0. The van der Waals surface area contributed by atoms with Crippen molar-refractivity contribution < 1.29 is 50.8 Å². The molecule has 2 atom stereocenters. The van der Waals surface area contributed by atoms with Gasteiger partial charge in [-0.25, -0.2) is 14.8 Å². The van der Waals surface area contributed by atoms with Gasteiger partial charge in [0.25, 0.3) is 0 Å². The van der Waals surface area contributed by atoms with Crippen LogP contribution in [0.4, 0.5) is 65.8 Å². The quantitative estimate of drug-likeness (QED) is 0.0773. The number of nitrogens with zero attached hydrogens (tertiary/aromatic N) is 7. The fourth-order valence-electron chi connectivity index (χ4n) is 8.66. The second-order valence-corrected chi connectivity index (χ2v) is 19.6. The van der Waals surface area contributed by atoms with Crippen molar-refractivity contribution in [3.8, 4) is 34.3 Å². The first-order valence-corrected chi connectivity index (χ1v) is 24.1. The van der Waals surface area contributed by atoms with Crippen molar-refractivity contribution in [3.63, 3.8) is 0 Å². The second kappa shape index (κ2) is 21.6. The van der Waals surface area contributed by atoms with E-state index in [0.29, 0.717) is 77.9 Å². The lowest BCUT2D eigenvalue weighted by molar-refractivity contribution is -0.138. The first-order chi connectivity index (χ1) is 35.0. The summed E-state index contributed by atoms with van der Waals surface area (Å²) in [5.74, 6) is 2.68. The monoisotopic (exact) mass is 1030 g/mol. The highest BCUT2D eigenvalue weighted by Crippen LogP contribution is 2.42. The van der Waals surface area contributed by atoms with Gasteiger partial charge in [-0.1, -0.05) is 36.4 Å². The molecule has 15 nitrogen and oxygen atoms in total. The molecule has 4 bridgehead atoms. The van der Waals surface area contributed by atoms with Crippen LogP contribution in [0.3, 0.4) is 0 Å². The number of amides is 2. The van der Waals surface area contributed by atoms with E-state index in [9.17, 15) is 41.4 Å². The molecule has 0 radical (unpaired) electrons. The van der Waals surface area contributed by atoms with Crippen LogP contribution in [-0.2, 0) is 12.4 Å². The summed E-state index contributed by atoms with van der Waals surface area (Å²) < 4.78 is 89.2. The first kappa shape index (κ1) is 52.9. The van der Waals surface area contributed by atoms with Gasteiger partial charge in [0.1, 0.15) is 11.6 Å². The Balaban J connectivity index is 0.000000169. The number of carbonyl (C=O) groups excluding carboxylic acids is 1. The van der Waals surface area contributed by atoms with Gasteiger partial charge in [0.2, 0.25) is 11.8 Å². The van der Waals surface area contributed by atoms with Gasteiger partial charge in [0.05, 0.1) is 64.3 Å². The number of pyridine rings is 4. The zero-order chi connectivity index (χ0) is 53.0. The molecule has 2 saturated heterocycles. The molecule has 4 aromatic heterocycles. The highest BCUT2D eigenvalue weighted by atomic mass is 19.4. The number of urea groups is 1. The summed E-state index contributed by atoms with van der Waals surface area (Å²) in [4.78, 5) is 37.0. The summed E-state index contributed by atoms with van der Waals surface area (Å²) in [6, 6.07) is 27.5. The lowest BCUT2D eigenvalue weighted by atomic mass is 10.1. The van der Waals surface area contributed by atoms with Crippen molar-refractivity contribution in [1.29, 1.82) is 0 Å². The molecule has 4 aliphatic heterocycles. The minimum atomic E-state index is -4.47. The van der Waals surface area contributed by atoms with Crippen molar-refractivity contribution in [2.24, 2.45) is 0 Å². The molecule has 2 amide bonds. The summed E-state index contributed by atoms with van der Waals surface area (Å²) in [6.45, 7) is 10.9. The van der Waals surface area contributed by atoms with Crippen LogP contribution >= 0.6 is 0 Å². The maximum atomic E-state index is 13.5. The minimum absolute atomic E-state index is 0.141. The van der Waals surface area contributed by atoms with E-state index in [1.165, 1.54) is 12.1 Å². The van der Waals surface area contributed by atoms with Gasteiger partial charge >= 0.3 is 18.4 Å². The number of anilines is 6. The molecule has 0 aliphatic carbocycles. The third-order valence-electron chi connectivity index (χ3n) is 12.5. The van der Waals surface area contributed by atoms with Crippen LogP contribution in [0.2, 0.25) is 0 Å². The molecule has 2 aromatic carbocycles. The van der Waals surface area contributed by atoms with Crippen molar-refractivity contribution in [2.75, 3.05) is 70.5 Å². The molecular formula is C53H58F6N10O5. The number of fused-ring (bicyclic) bond motifs is 8. The predicted octanol–water partition coefficient (Wildman–Crippen LogP) is 10.3. The number of alkyl halides is 6. The number of aliphatic hydroxyl groups is 2. The van der Waals surface area contributed by atoms with E-state index in [0.717, 1.165) is 73.9 Å². The van der Waals surface area contributed by atoms with E-state index in [-0.39, 0.29) is 18.5 Å². The number of nitrogens with two attached hydrogens (primary N) is 1. The number of nitrogens with one attached hydrogen (secondary N) is 2. The van der Waals surface area contributed by atoms with Crippen LogP contribution in [0.1, 0.15) is 64.5 Å². The Morgan fingerprint density at radius 1 is 0.676 bits per heavy atom. The number of halogens is 6. The molecule has 0 unspecified atom stereocenters. The van der Waals surface area contributed by atoms with Gasteiger partial charge in [-0.05, 0) is 101 Å². The van der Waals surface area contributed by atoms with E-state index in [1.807, 2.05) is 6.07 Å². The van der Waals surface area contributed by atoms with Crippen LogP contribution in [0.5, 0.6) is 11.8 Å². The van der Waals surface area contributed by atoms with Crippen LogP contribution in [0.25, 0.3) is 22.5 Å². The Bertz CT molecular complexity index is 2930. The van der Waals surface area contributed by atoms with E-state index < -0.39 is 40.7 Å². The SMILES string of the molecule is CC(C)(O)CCOc1cccc(N)n1.CC(C)(O)CCOc1cccc(NC(=O)N2c3nc(-c4cccc(C(F)(F)F)c4)ccc3N3CC[C@H]2C3)n1.FC(F)(F)c1cccc(-c2ccc3c(n2)N[C@H]2CCN3C2)c1. The third kappa shape index (κ3) is 13.6. The average molecular weight is 1030 g/mol. The minimum Gasteiger partial charge on any atom is -0.477 e. The molecule has 392 valence electrons. The Kier molecular flexibility index (Phi) is 15.4. The number of hydrogen-bond acceptors (Lipinski definition) is 13. The normalized spacial score (nSPS) is 16.7. The molecule has 4 aliphatic rings. The average Bonchev–Trinajstić information content (AvgIpc) is 3.94. The Labute approximate surface area is 424 Å². The van der Waals surface area contributed by atoms with Gasteiger partial charge in [-0.2, -0.15) is 36.3 Å². The molecule has 6 aromatic rings. The Morgan fingerprint density at radius 3 is 1.81 bits per heavy atom. The molecule has 8 heterocycles. The zero-order valence-corrected chi connectivity index (χ0v) is 41.2. The van der Waals surface area contributed by atoms with Gasteiger partial charge < -0.3 is 40.5 Å². The van der Waals surface area contributed by atoms with Gasteiger partial charge in [-0.15, -0.1) is 0 Å². The number of rotatable bonds is 11. The highest BCUT2D eigenvalue weighted by Gasteiger charge is 2.41. The molecular weight excluding hydrogens is 971 g/mol. The first-order valence-electron chi connectivity index (χ1n) is 24.1. The van der Waals surface area contributed by atoms with Gasteiger partial charge in [0, 0.05) is 68.3 Å². The Hall–Kier alpha value is -7.39. The number of benzene rings is 2. The van der Waals surface area contributed by atoms with Gasteiger partial charge in [-0.3, -0.25) is 10.2 Å². The molecule has 6 N–H and O–H groups in total. The summed E-state index contributed by atoms with van der Waals surface area (Å²) in [7, 11) is 0. The molecule has 0 saturated carbocycles. The number of carbonyl (C=O) groups is 1. The van der Waals surface area contributed by atoms with Crippen LogP contribution < -0.4 is 40.5 Å². The number of ether oxygens (including phenoxy) is 2. The van der Waals surface area contributed by atoms with E-state index in [2.05, 4.69) is 40.4 Å².